The molecule has 1 aromatic rings. The molecule has 1 aromatic heterocycles. The van der Waals surface area contributed by atoms with Crippen LogP contribution in [0.3, 0.4) is 0 Å². The van der Waals surface area contributed by atoms with E-state index < -0.39 is 0 Å². The third kappa shape index (κ3) is 5.34. The van der Waals surface area contributed by atoms with Crippen LogP contribution in [0.1, 0.15) is 38.1 Å². The molecule has 1 aliphatic heterocycles. The number of hydrogen-bond donors (Lipinski definition) is 1. The second-order valence-electron chi connectivity index (χ2n) is 5.14. The van der Waals surface area contributed by atoms with E-state index in [0.29, 0.717) is 36.1 Å². The van der Waals surface area contributed by atoms with E-state index in [1.54, 1.807) is 25.2 Å². The van der Waals surface area contributed by atoms with Crippen molar-refractivity contribution in [2.75, 3.05) is 19.0 Å². The van der Waals surface area contributed by atoms with Gasteiger partial charge in [0, 0.05) is 16.3 Å². The highest BCUT2D eigenvalue weighted by Crippen LogP contribution is 2.35. The number of thiophene rings is 1. The minimum Gasteiger partial charge on any atom is -0.466 e. The summed E-state index contributed by atoms with van der Waals surface area (Å²) in [5, 5.41) is 5.79. The highest BCUT2D eigenvalue weighted by Gasteiger charge is 2.30. The molecule has 6 nitrogen and oxygen atoms in total. The molecule has 2 rings (SSSR count). The molecule has 0 aliphatic carbocycles. The SMILES string of the molecule is CCOC(=O)CCSC1=NC(c2cccs2)C(C(=O)OCC)=C(C)N1. The number of nitrogens with zero attached hydrogens (tertiary/aromatic N) is 1. The van der Waals surface area contributed by atoms with E-state index in [4.69, 9.17) is 9.47 Å². The molecule has 0 saturated heterocycles. The van der Waals surface area contributed by atoms with Gasteiger partial charge in [0.2, 0.25) is 0 Å². The molecule has 0 saturated carbocycles. The fourth-order valence-corrected chi connectivity index (χ4v) is 3.95. The van der Waals surface area contributed by atoms with Gasteiger partial charge in [-0.15, -0.1) is 11.3 Å². The molecule has 1 unspecified atom stereocenters. The van der Waals surface area contributed by atoms with Crippen LogP contribution in [0.4, 0.5) is 0 Å². The summed E-state index contributed by atoms with van der Waals surface area (Å²) < 4.78 is 10.1. The van der Waals surface area contributed by atoms with E-state index in [9.17, 15) is 9.59 Å². The summed E-state index contributed by atoms with van der Waals surface area (Å²) in [5.74, 6) is -0.0185. The van der Waals surface area contributed by atoms with Gasteiger partial charge in [-0.05, 0) is 32.2 Å². The number of carbonyl (C=O) groups excluding carboxylic acids is 2. The minimum absolute atomic E-state index is 0.222. The molecular weight excluding hydrogens is 360 g/mol. The van der Waals surface area contributed by atoms with Crippen LogP contribution in [-0.2, 0) is 19.1 Å². The normalized spacial score (nSPS) is 16.9. The van der Waals surface area contributed by atoms with Gasteiger partial charge in [-0.3, -0.25) is 4.79 Å². The molecule has 2 heterocycles. The quantitative estimate of drug-likeness (QED) is 0.730. The fourth-order valence-electron chi connectivity index (χ4n) is 2.31. The van der Waals surface area contributed by atoms with Crippen LogP contribution < -0.4 is 5.32 Å². The van der Waals surface area contributed by atoms with E-state index in [0.717, 1.165) is 10.6 Å². The van der Waals surface area contributed by atoms with Crippen LogP contribution in [0.25, 0.3) is 0 Å². The molecule has 0 radical (unpaired) electrons. The van der Waals surface area contributed by atoms with Gasteiger partial charge < -0.3 is 14.8 Å². The van der Waals surface area contributed by atoms with Gasteiger partial charge in [0.1, 0.15) is 6.04 Å². The Kier molecular flexibility index (Phi) is 7.52. The van der Waals surface area contributed by atoms with E-state index in [-0.39, 0.29) is 18.0 Å². The van der Waals surface area contributed by atoms with Crippen molar-refractivity contribution in [1.29, 1.82) is 0 Å². The van der Waals surface area contributed by atoms with Gasteiger partial charge in [-0.2, -0.15) is 0 Å². The Labute approximate surface area is 155 Å². The highest BCUT2D eigenvalue weighted by molar-refractivity contribution is 8.13. The Morgan fingerprint density at radius 3 is 2.72 bits per heavy atom. The zero-order valence-electron chi connectivity index (χ0n) is 14.5. The van der Waals surface area contributed by atoms with Gasteiger partial charge in [-0.25, -0.2) is 9.79 Å². The molecule has 0 amide bonds. The first-order valence-electron chi connectivity index (χ1n) is 8.11. The van der Waals surface area contributed by atoms with Crippen molar-refractivity contribution < 1.29 is 19.1 Å². The lowest BCUT2D eigenvalue weighted by molar-refractivity contribution is -0.142. The number of rotatable bonds is 7. The molecule has 0 bridgehead atoms. The Hall–Kier alpha value is -1.80. The van der Waals surface area contributed by atoms with Crippen LogP contribution in [0, 0.1) is 0 Å². The summed E-state index contributed by atoms with van der Waals surface area (Å²) >= 11 is 2.99. The maximum Gasteiger partial charge on any atom is 0.338 e. The molecule has 25 heavy (non-hydrogen) atoms. The Bertz CT molecular complexity index is 668. The van der Waals surface area contributed by atoms with Crippen LogP contribution in [0.15, 0.2) is 33.8 Å². The van der Waals surface area contributed by atoms with Crippen molar-refractivity contribution in [2.24, 2.45) is 4.99 Å². The van der Waals surface area contributed by atoms with Crippen molar-refractivity contribution in [3.05, 3.63) is 33.7 Å². The minimum atomic E-state index is -0.384. The number of thioether (sulfide) groups is 1. The number of aliphatic imine (C=N–C) groups is 1. The predicted octanol–water partition coefficient (Wildman–Crippen LogP) is 3.27. The number of ether oxygens (including phenoxy) is 2. The van der Waals surface area contributed by atoms with E-state index >= 15 is 0 Å². The van der Waals surface area contributed by atoms with Crippen LogP contribution in [0.5, 0.6) is 0 Å². The number of hydrogen-bond acceptors (Lipinski definition) is 8. The van der Waals surface area contributed by atoms with Crippen molar-refractivity contribution in [1.82, 2.24) is 5.32 Å². The maximum atomic E-state index is 12.3. The topological polar surface area (TPSA) is 77.0 Å². The number of carbonyl (C=O) groups is 2. The maximum absolute atomic E-state index is 12.3. The molecule has 1 atom stereocenters. The van der Waals surface area contributed by atoms with Gasteiger partial charge in [0.05, 0.1) is 25.2 Å². The van der Waals surface area contributed by atoms with Gasteiger partial charge in [0.15, 0.2) is 5.17 Å². The smallest absolute Gasteiger partial charge is 0.338 e. The molecule has 1 N–H and O–H groups in total. The predicted molar refractivity (Wildman–Crippen MR) is 101 cm³/mol. The first-order chi connectivity index (χ1) is 12.1. The zero-order chi connectivity index (χ0) is 18.2. The molecule has 1 aliphatic rings. The van der Waals surface area contributed by atoms with E-state index in [1.165, 1.54) is 11.8 Å². The van der Waals surface area contributed by atoms with Gasteiger partial charge in [0.25, 0.3) is 0 Å². The van der Waals surface area contributed by atoms with E-state index in [2.05, 4.69) is 10.3 Å². The number of amidine groups is 1. The van der Waals surface area contributed by atoms with Crippen molar-refractivity contribution in [3.8, 4) is 0 Å². The average Bonchev–Trinajstić information content (AvgIpc) is 3.09. The molecule has 136 valence electrons. The Balaban J connectivity index is 2.13. The summed E-state index contributed by atoms with van der Waals surface area (Å²) in [6, 6.07) is 3.51. The van der Waals surface area contributed by atoms with Crippen LogP contribution >= 0.6 is 23.1 Å². The lowest BCUT2D eigenvalue weighted by Crippen LogP contribution is -2.30. The summed E-state index contributed by atoms with van der Waals surface area (Å²) in [5.41, 5.74) is 1.25. The fraction of sp³-hybridized carbons (Fsp3) is 0.471. The number of nitrogens with one attached hydrogen (secondary N) is 1. The highest BCUT2D eigenvalue weighted by atomic mass is 32.2. The summed E-state index contributed by atoms with van der Waals surface area (Å²) in [6.07, 6.45) is 0.316. The molecular formula is C17H22N2O4S2. The lowest BCUT2D eigenvalue weighted by atomic mass is 10.0. The number of allylic oxidation sites excluding steroid dienone is 1. The molecule has 0 spiro atoms. The average molecular weight is 383 g/mol. The van der Waals surface area contributed by atoms with Crippen molar-refractivity contribution in [3.63, 3.8) is 0 Å². The zero-order valence-corrected chi connectivity index (χ0v) is 16.2. The van der Waals surface area contributed by atoms with Crippen molar-refractivity contribution >= 4 is 40.2 Å². The largest absolute Gasteiger partial charge is 0.466 e. The number of esters is 2. The Morgan fingerprint density at radius 1 is 1.32 bits per heavy atom. The van der Waals surface area contributed by atoms with Crippen LogP contribution in [0.2, 0.25) is 0 Å². The third-order valence-electron chi connectivity index (χ3n) is 3.38. The molecule has 0 fully saturated rings. The first-order valence-corrected chi connectivity index (χ1v) is 9.97. The standard InChI is InChI=1S/C17H22N2O4S2/c1-4-22-13(20)8-10-25-17-18-11(3)14(16(21)23-5-2)15(19-17)12-7-6-9-24-12/h6-7,9,15H,4-5,8,10H2,1-3H3,(H,18,19). The summed E-state index contributed by atoms with van der Waals surface area (Å²) in [6.45, 7) is 6.11. The van der Waals surface area contributed by atoms with Crippen molar-refractivity contribution in [2.45, 2.75) is 33.2 Å². The Morgan fingerprint density at radius 2 is 2.08 bits per heavy atom. The van der Waals surface area contributed by atoms with Gasteiger partial charge >= 0.3 is 11.9 Å². The van der Waals surface area contributed by atoms with Crippen LogP contribution in [-0.4, -0.2) is 36.1 Å². The summed E-state index contributed by atoms with van der Waals surface area (Å²) in [7, 11) is 0. The molecule has 0 aromatic carbocycles. The first kappa shape index (κ1) is 19.5. The summed E-state index contributed by atoms with van der Waals surface area (Å²) in [4.78, 5) is 29.4. The monoisotopic (exact) mass is 382 g/mol. The lowest BCUT2D eigenvalue weighted by Gasteiger charge is -2.24. The van der Waals surface area contributed by atoms with Gasteiger partial charge in [-0.1, -0.05) is 17.8 Å². The second-order valence-corrected chi connectivity index (χ2v) is 7.20. The second kappa shape index (κ2) is 9.62. The van der Waals surface area contributed by atoms with E-state index in [1.807, 2.05) is 24.4 Å². The molecule has 8 heteroatoms. The third-order valence-corrected chi connectivity index (χ3v) is 5.19.